The Bertz CT molecular complexity index is 478. The third-order valence-corrected chi connectivity index (χ3v) is 5.06. The lowest BCUT2D eigenvalue weighted by Gasteiger charge is -2.29. The van der Waals surface area contributed by atoms with Gasteiger partial charge < -0.3 is 4.90 Å². The fourth-order valence-corrected chi connectivity index (χ4v) is 3.60. The van der Waals surface area contributed by atoms with Crippen LogP contribution in [-0.4, -0.2) is 19.3 Å². The Morgan fingerprint density at radius 3 is 2.12 bits per heavy atom. The van der Waals surface area contributed by atoms with Crippen LogP contribution in [0.1, 0.15) is 76.2 Å². The number of hydrogen-bond donors (Lipinski definition) is 0. The van der Waals surface area contributed by atoms with Crippen LogP contribution in [-0.2, 0) is 6.42 Å². The molecule has 1 heterocycles. The van der Waals surface area contributed by atoms with Crippen molar-refractivity contribution in [2.45, 2.75) is 83.2 Å². The highest BCUT2D eigenvalue weighted by Gasteiger charge is 2.25. The molecule has 0 amide bonds. The average molecular weight is 355 g/mol. The van der Waals surface area contributed by atoms with Gasteiger partial charge in [0.1, 0.15) is 0 Å². The summed E-state index contributed by atoms with van der Waals surface area (Å²) in [6, 6.07) is 8.93. The summed E-state index contributed by atoms with van der Waals surface area (Å²) < 4.78 is 36.1. The van der Waals surface area contributed by atoms with Gasteiger partial charge in [-0.15, -0.1) is 0 Å². The largest absolute Gasteiger partial charge is 0.389 e. The molecule has 0 bridgehead atoms. The van der Waals surface area contributed by atoms with Crippen LogP contribution in [0.4, 0.5) is 18.9 Å². The van der Waals surface area contributed by atoms with Crippen molar-refractivity contribution >= 4 is 5.69 Å². The van der Waals surface area contributed by atoms with Gasteiger partial charge in [0.2, 0.25) is 0 Å². The zero-order chi connectivity index (χ0) is 18.0. The maximum atomic E-state index is 12.0. The van der Waals surface area contributed by atoms with E-state index in [1.165, 1.54) is 56.4 Å². The first-order chi connectivity index (χ1) is 12.0. The summed E-state index contributed by atoms with van der Waals surface area (Å²) >= 11 is 0. The molecule has 1 nitrogen and oxygen atoms in total. The molecule has 25 heavy (non-hydrogen) atoms. The fraction of sp³-hybridized carbons (Fsp3) is 0.714. The van der Waals surface area contributed by atoms with E-state index in [-0.39, 0.29) is 6.42 Å². The number of anilines is 1. The third kappa shape index (κ3) is 8.64. The molecule has 142 valence electrons. The summed E-state index contributed by atoms with van der Waals surface area (Å²) in [4.78, 5) is 2.49. The summed E-state index contributed by atoms with van der Waals surface area (Å²) in [5.41, 5.74) is 2.77. The number of rotatable bonds is 10. The molecule has 1 fully saturated rings. The Morgan fingerprint density at radius 1 is 0.800 bits per heavy atom. The van der Waals surface area contributed by atoms with Gasteiger partial charge in [-0.1, -0.05) is 44.2 Å². The normalized spacial score (nSPS) is 15.6. The molecule has 0 unspecified atom stereocenters. The molecule has 0 saturated carbocycles. The van der Waals surface area contributed by atoms with Crippen molar-refractivity contribution in [1.29, 1.82) is 0 Å². The average Bonchev–Trinajstić information content (AvgIpc) is 2.60. The predicted molar refractivity (Wildman–Crippen MR) is 99.2 cm³/mol. The maximum absolute atomic E-state index is 12.0. The summed E-state index contributed by atoms with van der Waals surface area (Å²) in [7, 11) is 0. The molecule has 0 spiro atoms. The van der Waals surface area contributed by atoms with Gasteiger partial charge in [-0.05, 0) is 56.2 Å². The summed E-state index contributed by atoms with van der Waals surface area (Å²) in [5.74, 6) is 0. The molecule has 0 radical (unpaired) electrons. The van der Waals surface area contributed by atoms with Crippen LogP contribution >= 0.6 is 0 Å². The van der Waals surface area contributed by atoms with Crippen molar-refractivity contribution < 1.29 is 13.2 Å². The first-order valence-electron chi connectivity index (χ1n) is 9.95. The Morgan fingerprint density at radius 2 is 1.44 bits per heavy atom. The monoisotopic (exact) mass is 355 g/mol. The molecule has 2 rings (SSSR count). The lowest BCUT2D eigenvalue weighted by molar-refractivity contribution is -0.135. The standard InChI is InChI=1S/C21H32F3N/c22-21(23,24)15-8-5-3-1-2-4-7-12-19-13-11-14-20(18-19)25-16-9-6-10-17-25/h11,13-14,18H,1-10,12,15-17H2. The van der Waals surface area contributed by atoms with Crippen molar-refractivity contribution in [3.63, 3.8) is 0 Å². The van der Waals surface area contributed by atoms with Crippen LogP contribution < -0.4 is 4.90 Å². The highest BCUT2D eigenvalue weighted by Crippen LogP contribution is 2.24. The van der Waals surface area contributed by atoms with E-state index in [1.807, 2.05) is 0 Å². The molecule has 0 atom stereocenters. The molecular weight excluding hydrogens is 323 g/mol. The Kier molecular flexibility index (Phi) is 8.63. The molecule has 0 N–H and O–H groups in total. The maximum Gasteiger partial charge on any atom is 0.389 e. The van der Waals surface area contributed by atoms with Gasteiger partial charge in [-0.25, -0.2) is 0 Å². The van der Waals surface area contributed by atoms with E-state index < -0.39 is 12.6 Å². The molecule has 1 saturated heterocycles. The van der Waals surface area contributed by atoms with Gasteiger partial charge in [0.05, 0.1) is 0 Å². The van der Waals surface area contributed by atoms with Gasteiger partial charge in [0, 0.05) is 25.2 Å². The van der Waals surface area contributed by atoms with E-state index in [4.69, 9.17) is 0 Å². The van der Waals surface area contributed by atoms with E-state index in [1.54, 1.807) is 0 Å². The Labute approximate surface area is 150 Å². The number of benzene rings is 1. The molecule has 1 aliphatic heterocycles. The van der Waals surface area contributed by atoms with Crippen LogP contribution in [0, 0.1) is 0 Å². The molecule has 1 aromatic rings. The number of piperidine rings is 1. The number of alkyl halides is 3. The van der Waals surface area contributed by atoms with E-state index in [0.29, 0.717) is 6.42 Å². The Balaban J connectivity index is 1.54. The third-order valence-electron chi connectivity index (χ3n) is 5.06. The van der Waals surface area contributed by atoms with Crippen LogP contribution in [0.5, 0.6) is 0 Å². The first-order valence-corrected chi connectivity index (χ1v) is 9.95. The van der Waals surface area contributed by atoms with Crippen LogP contribution in [0.25, 0.3) is 0 Å². The van der Waals surface area contributed by atoms with Crippen molar-refractivity contribution in [3.8, 4) is 0 Å². The summed E-state index contributed by atoms with van der Waals surface area (Å²) in [5, 5.41) is 0. The number of hydrogen-bond acceptors (Lipinski definition) is 1. The molecular formula is C21H32F3N. The second-order valence-corrected chi connectivity index (χ2v) is 7.31. The zero-order valence-corrected chi connectivity index (χ0v) is 15.3. The minimum absolute atomic E-state index is 0.285. The number of unbranched alkanes of at least 4 members (excludes halogenated alkanes) is 6. The second-order valence-electron chi connectivity index (χ2n) is 7.31. The molecule has 1 aliphatic rings. The van der Waals surface area contributed by atoms with Gasteiger partial charge in [-0.3, -0.25) is 0 Å². The van der Waals surface area contributed by atoms with Gasteiger partial charge in [0.15, 0.2) is 0 Å². The van der Waals surface area contributed by atoms with Crippen LogP contribution in [0.15, 0.2) is 24.3 Å². The number of aryl methyl sites for hydroxylation is 1. The van der Waals surface area contributed by atoms with Crippen LogP contribution in [0.3, 0.4) is 0 Å². The molecule has 0 aromatic heterocycles. The van der Waals surface area contributed by atoms with Gasteiger partial charge in [-0.2, -0.15) is 13.2 Å². The molecule has 4 heteroatoms. The number of nitrogens with zero attached hydrogens (tertiary/aromatic N) is 1. The zero-order valence-electron chi connectivity index (χ0n) is 15.3. The lowest BCUT2D eigenvalue weighted by atomic mass is 10.0. The highest BCUT2D eigenvalue weighted by molar-refractivity contribution is 5.48. The van der Waals surface area contributed by atoms with Crippen molar-refractivity contribution in [2.24, 2.45) is 0 Å². The van der Waals surface area contributed by atoms with Crippen molar-refractivity contribution in [2.75, 3.05) is 18.0 Å². The topological polar surface area (TPSA) is 3.24 Å². The molecule has 1 aromatic carbocycles. The van der Waals surface area contributed by atoms with E-state index in [9.17, 15) is 13.2 Å². The van der Waals surface area contributed by atoms with Crippen LogP contribution in [0.2, 0.25) is 0 Å². The first kappa shape index (κ1) is 20.1. The highest BCUT2D eigenvalue weighted by atomic mass is 19.4. The SMILES string of the molecule is FC(F)(F)CCCCCCCCCc1cccc(N2CCCCC2)c1. The van der Waals surface area contributed by atoms with E-state index in [0.717, 1.165) is 25.7 Å². The summed E-state index contributed by atoms with van der Waals surface area (Å²) in [6.45, 7) is 2.36. The Hall–Kier alpha value is -1.19. The minimum Gasteiger partial charge on any atom is -0.372 e. The van der Waals surface area contributed by atoms with E-state index in [2.05, 4.69) is 29.2 Å². The summed E-state index contributed by atoms with van der Waals surface area (Å²) in [6.07, 6.45) is 6.92. The quantitative estimate of drug-likeness (QED) is 0.412. The lowest BCUT2D eigenvalue weighted by Crippen LogP contribution is -2.29. The number of halogens is 3. The van der Waals surface area contributed by atoms with E-state index >= 15 is 0 Å². The van der Waals surface area contributed by atoms with Gasteiger partial charge >= 0.3 is 6.18 Å². The smallest absolute Gasteiger partial charge is 0.372 e. The fourth-order valence-electron chi connectivity index (χ4n) is 3.60. The van der Waals surface area contributed by atoms with Crippen molar-refractivity contribution in [3.05, 3.63) is 29.8 Å². The second kappa shape index (κ2) is 10.7. The van der Waals surface area contributed by atoms with Crippen molar-refractivity contribution in [1.82, 2.24) is 0 Å². The predicted octanol–water partition coefficient (Wildman–Crippen LogP) is 6.90. The minimum atomic E-state index is -3.98. The van der Waals surface area contributed by atoms with Gasteiger partial charge in [0.25, 0.3) is 0 Å². The molecule has 0 aliphatic carbocycles.